The van der Waals surface area contributed by atoms with Gasteiger partial charge in [-0.15, -0.1) is 0 Å². The predicted molar refractivity (Wildman–Crippen MR) is 125 cm³/mol. The quantitative estimate of drug-likeness (QED) is 0.567. The molecule has 3 aromatic rings. The van der Waals surface area contributed by atoms with Crippen LogP contribution in [0.1, 0.15) is 51.0 Å². The molecule has 0 unspecified atom stereocenters. The number of sulfonamides is 1. The number of aromatic nitrogens is 4. The average Bonchev–Trinajstić information content (AvgIpc) is 3.14. The zero-order valence-electron chi connectivity index (χ0n) is 19.0. The number of rotatable bonds is 7. The van der Waals surface area contributed by atoms with Gasteiger partial charge in [-0.05, 0) is 56.7 Å². The minimum Gasteiger partial charge on any atom is -0.293 e. The van der Waals surface area contributed by atoms with E-state index in [2.05, 4.69) is 9.82 Å². The predicted octanol–water partition coefficient (Wildman–Crippen LogP) is 1.97. The molecule has 2 fully saturated rings. The second-order valence-electron chi connectivity index (χ2n) is 9.80. The number of fused-ring (bicyclic) bond motifs is 1. The van der Waals surface area contributed by atoms with Gasteiger partial charge in [-0.1, -0.05) is 12.8 Å². The van der Waals surface area contributed by atoms with Crippen molar-refractivity contribution >= 4 is 20.9 Å². The summed E-state index contributed by atoms with van der Waals surface area (Å²) in [6.07, 6.45) is 9.34. The van der Waals surface area contributed by atoms with Crippen molar-refractivity contribution in [3.8, 4) is 0 Å². The molecule has 0 amide bonds. The van der Waals surface area contributed by atoms with Crippen molar-refractivity contribution in [1.82, 2.24) is 23.6 Å². The summed E-state index contributed by atoms with van der Waals surface area (Å²) in [6.45, 7) is 2.47. The van der Waals surface area contributed by atoms with E-state index in [1.807, 2.05) is 6.92 Å². The van der Waals surface area contributed by atoms with Crippen LogP contribution >= 0.6 is 0 Å². The maximum Gasteiger partial charge on any atom is 0.331 e. The van der Waals surface area contributed by atoms with E-state index >= 15 is 0 Å². The lowest BCUT2D eigenvalue weighted by atomic mass is 10.1. The van der Waals surface area contributed by atoms with Crippen molar-refractivity contribution in [2.45, 2.75) is 69.0 Å². The van der Waals surface area contributed by atoms with Crippen LogP contribution in [0.25, 0.3) is 10.9 Å². The van der Waals surface area contributed by atoms with Crippen LogP contribution in [0.3, 0.4) is 0 Å². The van der Waals surface area contributed by atoms with Gasteiger partial charge in [0.05, 0.1) is 28.5 Å². The molecule has 0 bridgehead atoms. The summed E-state index contributed by atoms with van der Waals surface area (Å²) in [5, 5.41) is 4.37. The number of benzene rings is 1. The van der Waals surface area contributed by atoms with E-state index in [1.54, 1.807) is 34.8 Å². The van der Waals surface area contributed by atoms with Crippen molar-refractivity contribution in [2.24, 2.45) is 13.0 Å². The van der Waals surface area contributed by atoms with E-state index in [0.717, 1.165) is 44.1 Å². The van der Waals surface area contributed by atoms with Gasteiger partial charge in [0.15, 0.2) is 0 Å². The Labute approximate surface area is 192 Å². The summed E-state index contributed by atoms with van der Waals surface area (Å²) in [6, 6.07) is 4.51. The molecule has 1 N–H and O–H groups in total. The Kier molecular flexibility index (Phi) is 5.32. The topological polar surface area (TPSA) is 108 Å². The van der Waals surface area contributed by atoms with E-state index in [1.165, 1.54) is 16.7 Å². The lowest BCUT2D eigenvalue weighted by Crippen LogP contribution is -2.41. The molecule has 1 aromatic carbocycles. The van der Waals surface area contributed by atoms with Crippen molar-refractivity contribution in [3.05, 3.63) is 57.0 Å². The molecule has 2 heterocycles. The average molecular weight is 472 g/mol. The first kappa shape index (κ1) is 22.1. The van der Waals surface area contributed by atoms with Crippen molar-refractivity contribution < 1.29 is 8.42 Å². The first-order chi connectivity index (χ1) is 15.7. The van der Waals surface area contributed by atoms with Crippen LogP contribution in [0.5, 0.6) is 0 Å². The molecule has 0 radical (unpaired) electrons. The highest BCUT2D eigenvalue weighted by Gasteiger charge is 2.41. The van der Waals surface area contributed by atoms with Crippen LogP contribution in [0.2, 0.25) is 0 Å². The molecule has 0 spiro atoms. The Morgan fingerprint density at radius 1 is 1.15 bits per heavy atom. The monoisotopic (exact) mass is 471 g/mol. The highest BCUT2D eigenvalue weighted by molar-refractivity contribution is 7.89. The highest BCUT2D eigenvalue weighted by atomic mass is 32.2. The van der Waals surface area contributed by atoms with Crippen LogP contribution < -0.4 is 16.0 Å². The van der Waals surface area contributed by atoms with Crippen LogP contribution in [0.15, 0.2) is 45.1 Å². The molecule has 33 heavy (non-hydrogen) atoms. The van der Waals surface area contributed by atoms with Gasteiger partial charge in [-0.3, -0.25) is 18.6 Å². The van der Waals surface area contributed by atoms with Crippen LogP contribution in [-0.2, 0) is 30.2 Å². The van der Waals surface area contributed by atoms with Gasteiger partial charge in [0.25, 0.3) is 5.56 Å². The van der Waals surface area contributed by atoms with E-state index in [0.29, 0.717) is 18.0 Å². The summed E-state index contributed by atoms with van der Waals surface area (Å²) >= 11 is 0. The van der Waals surface area contributed by atoms with Gasteiger partial charge < -0.3 is 0 Å². The van der Waals surface area contributed by atoms with Gasteiger partial charge in [0, 0.05) is 30.9 Å². The molecule has 10 heteroatoms. The number of nitrogens with zero attached hydrogens (tertiary/aromatic N) is 4. The Morgan fingerprint density at radius 2 is 1.88 bits per heavy atom. The number of hydrogen-bond donors (Lipinski definition) is 1. The van der Waals surface area contributed by atoms with Gasteiger partial charge in [0.2, 0.25) is 10.0 Å². The Morgan fingerprint density at radius 3 is 2.52 bits per heavy atom. The molecule has 2 aliphatic rings. The van der Waals surface area contributed by atoms with E-state index in [9.17, 15) is 18.0 Å². The molecule has 176 valence electrons. The summed E-state index contributed by atoms with van der Waals surface area (Å²) in [5.74, 6) is 0.370. The Balaban J connectivity index is 1.66. The van der Waals surface area contributed by atoms with Crippen LogP contribution in [0, 0.1) is 5.92 Å². The molecular formula is C23H29N5O4S. The zero-order valence-corrected chi connectivity index (χ0v) is 19.8. The highest BCUT2D eigenvalue weighted by Crippen LogP contribution is 2.36. The lowest BCUT2D eigenvalue weighted by Gasteiger charge is -2.18. The van der Waals surface area contributed by atoms with E-state index < -0.39 is 21.1 Å². The molecular weight excluding hydrogens is 442 g/mol. The summed E-state index contributed by atoms with van der Waals surface area (Å²) in [7, 11) is -2.00. The van der Waals surface area contributed by atoms with Crippen molar-refractivity contribution in [3.63, 3.8) is 0 Å². The molecule has 0 aliphatic heterocycles. The van der Waals surface area contributed by atoms with Crippen molar-refractivity contribution in [1.29, 1.82) is 0 Å². The first-order valence-electron chi connectivity index (χ1n) is 11.4. The SMILES string of the molecule is Cn1cc(Cn2c(=O)c3cc(S(=O)(=O)NC4(C)CC4)ccc3n(CC3CCCC3)c2=O)cn1. The van der Waals surface area contributed by atoms with Gasteiger partial charge in [-0.2, -0.15) is 5.10 Å². The van der Waals surface area contributed by atoms with Crippen LogP contribution in [-0.4, -0.2) is 32.9 Å². The third-order valence-electron chi connectivity index (χ3n) is 6.90. The third kappa shape index (κ3) is 4.29. The van der Waals surface area contributed by atoms with Gasteiger partial charge >= 0.3 is 5.69 Å². The molecule has 2 aromatic heterocycles. The van der Waals surface area contributed by atoms with E-state index in [4.69, 9.17) is 0 Å². The number of aryl methyl sites for hydroxylation is 1. The zero-order chi connectivity index (χ0) is 23.4. The smallest absolute Gasteiger partial charge is 0.293 e. The fraction of sp³-hybridized carbons (Fsp3) is 0.522. The number of nitrogens with one attached hydrogen (secondary N) is 1. The molecule has 5 rings (SSSR count). The lowest BCUT2D eigenvalue weighted by molar-refractivity contribution is 0.442. The standard InChI is InChI=1S/C23H29N5O4S/c1-23(9-10-23)25-33(31,32)18-7-8-20-19(11-18)21(29)28(15-17-12-24-26(2)13-17)22(30)27(20)14-16-5-3-4-6-16/h7-8,11-13,16,25H,3-6,9-10,14-15H2,1-2H3. The minimum absolute atomic E-state index is 0.0409. The van der Waals surface area contributed by atoms with Gasteiger partial charge in [0.1, 0.15) is 0 Å². The Bertz CT molecular complexity index is 1440. The molecule has 0 atom stereocenters. The fourth-order valence-electron chi connectivity index (χ4n) is 4.75. The maximum absolute atomic E-state index is 13.4. The van der Waals surface area contributed by atoms with E-state index in [-0.39, 0.29) is 22.5 Å². The largest absolute Gasteiger partial charge is 0.331 e. The third-order valence-corrected chi connectivity index (χ3v) is 8.54. The van der Waals surface area contributed by atoms with Crippen molar-refractivity contribution in [2.75, 3.05) is 0 Å². The summed E-state index contributed by atoms with van der Waals surface area (Å²) < 4.78 is 33.1. The Hall–Kier alpha value is -2.72. The second kappa shape index (κ2) is 7.95. The molecule has 0 saturated heterocycles. The van der Waals surface area contributed by atoms with Crippen LogP contribution in [0.4, 0.5) is 0 Å². The molecule has 2 saturated carbocycles. The normalized spacial score (nSPS) is 18.2. The molecule has 9 nitrogen and oxygen atoms in total. The fourth-order valence-corrected chi connectivity index (χ4v) is 6.24. The first-order valence-corrected chi connectivity index (χ1v) is 12.9. The number of hydrogen-bond acceptors (Lipinski definition) is 5. The van der Waals surface area contributed by atoms with Gasteiger partial charge in [-0.25, -0.2) is 17.9 Å². The minimum atomic E-state index is -3.78. The summed E-state index contributed by atoms with van der Waals surface area (Å²) in [4.78, 5) is 26.9. The maximum atomic E-state index is 13.4. The second-order valence-corrected chi connectivity index (χ2v) is 11.5. The summed E-state index contributed by atoms with van der Waals surface area (Å²) in [5.41, 5.74) is -0.0691. The molecule has 2 aliphatic carbocycles.